The lowest BCUT2D eigenvalue weighted by Gasteiger charge is -2.19. The zero-order valence-corrected chi connectivity index (χ0v) is 11.4. The predicted molar refractivity (Wildman–Crippen MR) is 76.4 cm³/mol. The number of hydrogen-bond donors (Lipinski definition) is 1. The molecule has 1 N–H and O–H groups in total. The quantitative estimate of drug-likeness (QED) is 0.928. The van der Waals surface area contributed by atoms with E-state index < -0.39 is 11.9 Å². The second-order valence-electron chi connectivity index (χ2n) is 4.93. The molecule has 1 atom stereocenters. The molecule has 21 heavy (non-hydrogen) atoms. The molecule has 1 unspecified atom stereocenters. The Morgan fingerprint density at radius 2 is 2.24 bits per heavy atom. The van der Waals surface area contributed by atoms with Crippen molar-refractivity contribution in [3.63, 3.8) is 0 Å². The number of carbonyl (C=O) groups is 2. The maximum atomic E-state index is 12.1. The number of carboxylic acids is 1. The van der Waals surface area contributed by atoms with Gasteiger partial charge in [0.15, 0.2) is 0 Å². The van der Waals surface area contributed by atoms with Crippen LogP contribution in [0.2, 0.25) is 0 Å². The molecule has 108 valence electrons. The molecular weight excluding hydrogens is 272 g/mol. The van der Waals surface area contributed by atoms with Gasteiger partial charge in [-0.15, -0.1) is 0 Å². The van der Waals surface area contributed by atoms with Crippen molar-refractivity contribution in [2.45, 2.75) is 6.42 Å². The molecule has 1 aliphatic heterocycles. The number of methoxy groups -OCH3 is 1. The van der Waals surface area contributed by atoms with E-state index in [4.69, 9.17) is 9.84 Å². The molecule has 2 aromatic rings. The number of ether oxygens (including phenoxy) is 1. The minimum atomic E-state index is -0.943. The summed E-state index contributed by atoms with van der Waals surface area (Å²) in [5, 5.41) is 9.85. The minimum absolute atomic E-state index is 0.0309. The lowest BCUT2D eigenvalue weighted by Crippen LogP contribution is -2.26. The van der Waals surface area contributed by atoms with Crippen LogP contribution >= 0.6 is 0 Å². The number of anilines is 1. The third-order valence-electron chi connectivity index (χ3n) is 3.69. The zero-order valence-electron chi connectivity index (χ0n) is 11.4. The largest absolute Gasteiger partial charge is 0.494 e. The van der Waals surface area contributed by atoms with Gasteiger partial charge in [-0.05, 0) is 24.3 Å². The van der Waals surface area contributed by atoms with Crippen LogP contribution < -0.4 is 9.64 Å². The van der Waals surface area contributed by atoms with E-state index in [0.717, 1.165) is 5.39 Å². The highest BCUT2D eigenvalue weighted by atomic mass is 16.5. The van der Waals surface area contributed by atoms with E-state index >= 15 is 0 Å². The number of carbonyl (C=O) groups excluding carboxylic acids is 1. The Balaban J connectivity index is 2.09. The van der Waals surface area contributed by atoms with Crippen molar-refractivity contribution >= 4 is 28.5 Å². The molecule has 6 heteroatoms. The Morgan fingerprint density at radius 1 is 1.43 bits per heavy atom. The van der Waals surface area contributed by atoms with Crippen LogP contribution in [0.15, 0.2) is 30.5 Å². The van der Waals surface area contributed by atoms with E-state index in [1.807, 2.05) is 6.07 Å². The first-order chi connectivity index (χ1) is 10.1. The van der Waals surface area contributed by atoms with Crippen LogP contribution in [0.1, 0.15) is 6.42 Å². The van der Waals surface area contributed by atoms with Crippen LogP contribution in [0, 0.1) is 5.92 Å². The summed E-state index contributed by atoms with van der Waals surface area (Å²) in [5.74, 6) is -1.17. The van der Waals surface area contributed by atoms with Gasteiger partial charge in [-0.25, -0.2) is 0 Å². The third kappa shape index (κ3) is 2.18. The normalized spacial score (nSPS) is 18.2. The van der Waals surface area contributed by atoms with Crippen LogP contribution in [0.3, 0.4) is 0 Å². The molecule has 1 amide bonds. The van der Waals surface area contributed by atoms with Crippen LogP contribution in [-0.2, 0) is 9.59 Å². The highest BCUT2D eigenvalue weighted by molar-refractivity contribution is 6.06. The summed E-state index contributed by atoms with van der Waals surface area (Å²) in [6.45, 7) is 0.185. The molecular formula is C15H14N2O4. The Labute approximate surface area is 121 Å². The number of hydrogen-bond acceptors (Lipinski definition) is 4. The molecule has 0 aliphatic carbocycles. The van der Waals surface area contributed by atoms with Crippen LogP contribution in [0.5, 0.6) is 5.75 Å². The SMILES string of the molecule is COc1ccc(N2CC(C(=O)O)CC2=O)c2cccnc12. The zero-order chi connectivity index (χ0) is 15.0. The molecule has 6 nitrogen and oxygen atoms in total. The van der Waals surface area contributed by atoms with Crippen molar-refractivity contribution in [2.24, 2.45) is 5.92 Å². The summed E-state index contributed by atoms with van der Waals surface area (Å²) in [6, 6.07) is 7.14. The fraction of sp³-hybridized carbons (Fsp3) is 0.267. The average molecular weight is 286 g/mol. The van der Waals surface area contributed by atoms with Gasteiger partial charge in [0.05, 0.1) is 18.7 Å². The highest BCUT2D eigenvalue weighted by Gasteiger charge is 2.35. The van der Waals surface area contributed by atoms with Gasteiger partial charge < -0.3 is 14.7 Å². The van der Waals surface area contributed by atoms with Gasteiger partial charge in [-0.3, -0.25) is 14.6 Å². The van der Waals surface area contributed by atoms with Gasteiger partial charge in [0.1, 0.15) is 11.3 Å². The number of rotatable bonds is 3. The minimum Gasteiger partial charge on any atom is -0.494 e. The van der Waals surface area contributed by atoms with E-state index in [2.05, 4.69) is 4.98 Å². The van der Waals surface area contributed by atoms with E-state index in [0.29, 0.717) is 17.0 Å². The molecule has 0 bridgehead atoms. The fourth-order valence-corrected chi connectivity index (χ4v) is 2.64. The molecule has 0 spiro atoms. The number of nitrogens with zero attached hydrogens (tertiary/aromatic N) is 2. The number of fused-ring (bicyclic) bond motifs is 1. The van der Waals surface area contributed by atoms with Gasteiger partial charge in [0.25, 0.3) is 0 Å². The number of benzene rings is 1. The maximum Gasteiger partial charge on any atom is 0.308 e. The number of aromatic nitrogens is 1. The number of pyridine rings is 1. The first-order valence-electron chi connectivity index (χ1n) is 6.56. The predicted octanol–water partition coefficient (Wildman–Crippen LogP) is 1.68. The molecule has 1 saturated heterocycles. The van der Waals surface area contributed by atoms with Gasteiger partial charge >= 0.3 is 5.97 Å². The van der Waals surface area contributed by atoms with Gasteiger partial charge in [-0.2, -0.15) is 0 Å². The maximum absolute atomic E-state index is 12.1. The summed E-state index contributed by atoms with van der Waals surface area (Å²) in [6.07, 6.45) is 1.68. The number of aliphatic carboxylic acids is 1. The smallest absolute Gasteiger partial charge is 0.308 e. The van der Waals surface area contributed by atoms with E-state index in [-0.39, 0.29) is 18.9 Å². The van der Waals surface area contributed by atoms with Crippen molar-refractivity contribution in [1.29, 1.82) is 0 Å². The van der Waals surface area contributed by atoms with Crippen LogP contribution in [-0.4, -0.2) is 35.6 Å². The van der Waals surface area contributed by atoms with E-state index in [9.17, 15) is 9.59 Å². The molecule has 3 rings (SSSR count). The summed E-state index contributed by atoms with van der Waals surface area (Å²) in [4.78, 5) is 29.0. The summed E-state index contributed by atoms with van der Waals surface area (Å²) in [7, 11) is 1.56. The Morgan fingerprint density at radius 3 is 2.90 bits per heavy atom. The Kier molecular flexibility index (Phi) is 3.21. The first kappa shape index (κ1) is 13.4. The van der Waals surface area contributed by atoms with Crippen molar-refractivity contribution in [2.75, 3.05) is 18.6 Å². The average Bonchev–Trinajstić information content (AvgIpc) is 2.88. The van der Waals surface area contributed by atoms with Crippen molar-refractivity contribution in [3.05, 3.63) is 30.5 Å². The Hall–Kier alpha value is -2.63. The first-order valence-corrected chi connectivity index (χ1v) is 6.56. The van der Waals surface area contributed by atoms with Crippen molar-refractivity contribution in [3.8, 4) is 5.75 Å². The van der Waals surface area contributed by atoms with Crippen LogP contribution in [0.25, 0.3) is 10.9 Å². The summed E-state index contributed by atoms with van der Waals surface area (Å²) >= 11 is 0. The molecule has 1 fully saturated rings. The number of amides is 1. The fourth-order valence-electron chi connectivity index (χ4n) is 2.64. The molecule has 1 aliphatic rings. The van der Waals surface area contributed by atoms with Crippen LogP contribution in [0.4, 0.5) is 5.69 Å². The number of carboxylic acid groups (broad SMARTS) is 1. The summed E-state index contributed by atoms with van der Waals surface area (Å²) < 4.78 is 5.27. The standard InChI is InChI=1S/C15H14N2O4/c1-21-12-5-4-11(10-3-2-6-16-14(10)12)17-8-9(15(19)20)7-13(17)18/h2-6,9H,7-8H2,1H3,(H,19,20). The lowest BCUT2D eigenvalue weighted by molar-refractivity contribution is -0.141. The van der Waals surface area contributed by atoms with E-state index in [1.165, 1.54) is 4.90 Å². The second kappa shape index (κ2) is 5.05. The monoisotopic (exact) mass is 286 g/mol. The Bertz CT molecular complexity index is 729. The molecule has 1 aromatic heterocycles. The van der Waals surface area contributed by atoms with E-state index in [1.54, 1.807) is 31.5 Å². The highest BCUT2D eigenvalue weighted by Crippen LogP contribution is 2.35. The molecule has 0 saturated carbocycles. The van der Waals surface area contributed by atoms with Gasteiger partial charge in [-0.1, -0.05) is 0 Å². The van der Waals surface area contributed by atoms with Gasteiger partial charge in [0, 0.05) is 24.5 Å². The molecule has 1 aromatic carbocycles. The second-order valence-corrected chi connectivity index (χ2v) is 4.93. The molecule has 0 radical (unpaired) electrons. The summed E-state index contributed by atoms with van der Waals surface area (Å²) in [5.41, 5.74) is 1.33. The lowest BCUT2D eigenvalue weighted by atomic mass is 10.1. The third-order valence-corrected chi connectivity index (χ3v) is 3.69. The van der Waals surface area contributed by atoms with Crippen molar-refractivity contribution < 1.29 is 19.4 Å². The molecule has 2 heterocycles. The topological polar surface area (TPSA) is 79.7 Å². The van der Waals surface area contributed by atoms with Crippen molar-refractivity contribution in [1.82, 2.24) is 4.98 Å². The van der Waals surface area contributed by atoms with Gasteiger partial charge in [0.2, 0.25) is 5.91 Å².